The third-order valence-electron chi connectivity index (χ3n) is 5.26. The summed E-state index contributed by atoms with van der Waals surface area (Å²) in [5.41, 5.74) is 4.32. The number of methoxy groups -OCH3 is 1. The lowest BCUT2D eigenvalue weighted by molar-refractivity contribution is 0.0525. The molecule has 1 aromatic heterocycles. The van der Waals surface area contributed by atoms with E-state index in [1.54, 1.807) is 19.1 Å². The van der Waals surface area contributed by atoms with Gasteiger partial charge in [0.1, 0.15) is 5.69 Å². The molecule has 3 aromatic carbocycles. The number of rotatable bonds is 7. The van der Waals surface area contributed by atoms with Crippen LogP contribution in [-0.4, -0.2) is 30.6 Å². The zero-order valence-corrected chi connectivity index (χ0v) is 17.9. The lowest BCUT2D eigenvalue weighted by Gasteiger charge is -2.22. The predicted molar refractivity (Wildman–Crippen MR) is 124 cm³/mol. The number of benzene rings is 3. The van der Waals surface area contributed by atoms with Crippen molar-refractivity contribution in [2.75, 3.05) is 19.0 Å². The van der Waals surface area contributed by atoms with Gasteiger partial charge in [0.15, 0.2) is 0 Å². The first-order valence-corrected chi connectivity index (χ1v) is 10.4. The van der Waals surface area contributed by atoms with E-state index in [1.807, 2.05) is 66.7 Å². The Kier molecular flexibility index (Phi) is 6.22. The van der Waals surface area contributed by atoms with Crippen LogP contribution in [0.5, 0.6) is 0 Å². The van der Waals surface area contributed by atoms with Gasteiger partial charge < -0.3 is 19.8 Å². The molecule has 0 spiro atoms. The molecule has 1 heterocycles. The highest BCUT2D eigenvalue weighted by atomic mass is 16.5. The van der Waals surface area contributed by atoms with Crippen molar-refractivity contribution in [3.8, 4) is 0 Å². The van der Waals surface area contributed by atoms with Crippen LogP contribution in [0.1, 0.15) is 44.9 Å². The van der Waals surface area contributed by atoms with Gasteiger partial charge in [-0.2, -0.15) is 0 Å². The van der Waals surface area contributed by atoms with Crippen LogP contribution in [0, 0.1) is 0 Å². The highest BCUT2D eigenvalue weighted by Crippen LogP contribution is 2.35. The minimum absolute atomic E-state index is 0.325. The average molecular weight is 428 g/mol. The molecule has 0 saturated carbocycles. The Bertz CT molecular complexity index is 1230. The summed E-state index contributed by atoms with van der Waals surface area (Å²) in [5, 5.41) is 4.46. The summed E-state index contributed by atoms with van der Waals surface area (Å²) in [5.74, 6) is -0.792. The number of nitrogens with one attached hydrogen (secondary N) is 2. The summed E-state index contributed by atoms with van der Waals surface area (Å²) >= 11 is 0. The summed E-state index contributed by atoms with van der Waals surface area (Å²) in [6.07, 6.45) is 0. The van der Waals surface area contributed by atoms with E-state index in [0.717, 1.165) is 27.7 Å². The van der Waals surface area contributed by atoms with Gasteiger partial charge in [0.05, 0.1) is 25.3 Å². The van der Waals surface area contributed by atoms with Crippen molar-refractivity contribution in [3.63, 3.8) is 0 Å². The van der Waals surface area contributed by atoms with Gasteiger partial charge >= 0.3 is 11.9 Å². The Balaban J connectivity index is 1.80. The quantitative estimate of drug-likeness (QED) is 0.389. The van der Waals surface area contributed by atoms with E-state index in [2.05, 4.69) is 10.3 Å². The fourth-order valence-electron chi connectivity index (χ4n) is 3.78. The van der Waals surface area contributed by atoms with Crippen molar-refractivity contribution < 1.29 is 19.1 Å². The standard InChI is InChI=1S/C26H24N2O4/c1-3-32-25(29)18-13-15-19(16-14-18)27-23(17-9-5-4-6-10-17)22-20-11-7-8-12-21(20)28-24(22)26(30)31-2/h4-16,23,27-28H,3H2,1-2H3. The number of ether oxygens (including phenoxy) is 2. The molecule has 4 aromatic rings. The summed E-state index contributed by atoms with van der Waals surface area (Å²) in [6.45, 7) is 2.10. The second kappa shape index (κ2) is 9.39. The smallest absolute Gasteiger partial charge is 0.354 e. The van der Waals surface area contributed by atoms with Gasteiger partial charge in [-0.3, -0.25) is 0 Å². The van der Waals surface area contributed by atoms with Crippen LogP contribution in [0.25, 0.3) is 10.9 Å². The van der Waals surface area contributed by atoms with Crippen LogP contribution in [-0.2, 0) is 9.47 Å². The van der Waals surface area contributed by atoms with Crippen molar-refractivity contribution in [1.29, 1.82) is 0 Å². The van der Waals surface area contributed by atoms with E-state index in [1.165, 1.54) is 7.11 Å². The molecule has 0 radical (unpaired) electrons. The Morgan fingerprint density at radius 2 is 1.59 bits per heavy atom. The molecule has 0 amide bonds. The molecular weight excluding hydrogens is 404 g/mol. The molecule has 6 nitrogen and oxygen atoms in total. The van der Waals surface area contributed by atoms with Crippen LogP contribution < -0.4 is 5.32 Å². The number of H-pyrrole nitrogens is 1. The topological polar surface area (TPSA) is 80.4 Å². The van der Waals surface area contributed by atoms with Gasteiger partial charge in [-0.05, 0) is 42.8 Å². The zero-order chi connectivity index (χ0) is 22.5. The van der Waals surface area contributed by atoms with E-state index in [-0.39, 0.29) is 12.0 Å². The molecule has 0 bridgehead atoms. The molecule has 4 rings (SSSR count). The van der Waals surface area contributed by atoms with Gasteiger partial charge in [-0.15, -0.1) is 0 Å². The van der Waals surface area contributed by atoms with Crippen molar-refractivity contribution in [2.24, 2.45) is 0 Å². The number of aromatic amines is 1. The van der Waals surface area contributed by atoms with E-state index >= 15 is 0 Å². The molecule has 1 unspecified atom stereocenters. The summed E-state index contributed by atoms with van der Waals surface area (Å²) in [7, 11) is 1.37. The highest BCUT2D eigenvalue weighted by Gasteiger charge is 2.26. The largest absolute Gasteiger partial charge is 0.464 e. The first-order chi connectivity index (χ1) is 15.6. The molecule has 0 aliphatic rings. The van der Waals surface area contributed by atoms with Crippen molar-refractivity contribution in [3.05, 3.63) is 101 Å². The number of hydrogen-bond acceptors (Lipinski definition) is 5. The Morgan fingerprint density at radius 3 is 2.28 bits per heavy atom. The Morgan fingerprint density at radius 1 is 0.906 bits per heavy atom. The fourth-order valence-corrected chi connectivity index (χ4v) is 3.78. The molecule has 6 heteroatoms. The Hall–Kier alpha value is -4.06. The molecule has 0 saturated heterocycles. The van der Waals surface area contributed by atoms with E-state index in [4.69, 9.17) is 9.47 Å². The van der Waals surface area contributed by atoms with Crippen LogP contribution in [0.3, 0.4) is 0 Å². The molecule has 0 fully saturated rings. The lowest BCUT2D eigenvalue weighted by atomic mass is 9.95. The molecule has 32 heavy (non-hydrogen) atoms. The highest BCUT2D eigenvalue weighted by molar-refractivity contribution is 5.99. The molecule has 2 N–H and O–H groups in total. The summed E-state index contributed by atoms with van der Waals surface area (Å²) < 4.78 is 10.1. The SMILES string of the molecule is CCOC(=O)c1ccc(NC(c2ccccc2)c2c(C(=O)OC)[nH]c3ccccc23)cc1. The van der Waals surface area contributed by atoms with Crippen LogP contribution in [0.15, 0.2) is 78.9 Å². The van der Waals surface area contributed by atoms with Gasteiger partial charge in [0.2, 0.25) is 0 Å². The number of fused-ring (bicyclic) bond motifs is 1. The number of esters is 2. The van der Waals surface area contributed by atoms with Crippen molar-refractivity contribution in [2.45, 2.75) is 13.0 Å². The van der Waals surface area contributed by atoms with Crippen LogP contribution in [0.2, 0.25) is 0 Å². The van der Waals surface area contributed by atoms with Crippen molar-refractivity contribution >= 4 is 28.5 Å². The maximum Gasteiger partial charge on any atom is 0.354 e. The fraction of sp³-hybridized carbons (Fsp3) is 0.154. The Labute approximate surface area is 186 Å². The number of carbonyl (C=O) groups excluding carboxylic acids is 2. The minimum Gasteiger partial charge on any atom is -0.464 e. The first-order valence-electron chi connectivity index (χ1n) is 10.4. The summed E-state index contributed by atoms with van der Waals surface area (Å²) in [6, 6.07) is 24.4. The number of carbonyl (C=O) groups is 2. The van der Waals surface area contributed by atoms with E-state index < -0.39 is 5.97 Å². The number of para-hydroxylation sites is 1. The number of anilines is 1. The third-order valence-corrected chi connectivity index (χ3v) is 5.26. The minimum atomic E-state index is -0.434. The monoisotopic (exact) mass is 428 g/mol. The normalized spacial score (nSPS) is 11.7. The van der Waals surface area contributed by atoms with Gasteiger partial charge in [0, 0.05) is 22.2 Å². The molecule has 162 valence electrons. The van der Waals surface area contributed by atoms with Crippen molar-refractivity contribution in [1.82, 2.24) is 4.98 Å². The maximum atomic E-state index is 12.6. The average Bonchev–Trinajstić information content (AvgIpc) is 3.22. The molecule has 0 aliphatic carbocycles. The van der Waals surface area contributed by atoms with Gasteiger partial charge in [0.25, 0.3) is 0 Å². The van der Waals surface area contributed by atoms with Crippen LogP contribution in [0.4, 0.5) is 5.69 Å². The number of aromatic nitrogens is 1. The number of hydrogen-bond donors (Lipinski definition) is 2. The maximum absolute atomic E-state index is 12.6. The van der Waals surface area contributed by atoms with Crippen LogP contribution >= 0.6 is 0 Å². The second-order valence-corrected chi connectivity index (χ2v) is 7.24. The third kappa shape index (κ3) is 4.21. The molecule has 0 aliphatic heterocycles. The zero-order valence-electron chi connectivity index (χ0n) is 17.9. The molecule has 1 atom stereocenters. The van der Waals surface area contributed by atoms with E-state index in [0.29, 0.717) is 17.9 Å². The predicted octanol–water partition coefficient (Wildman–Crippen LogP) is 5.33. The second-order valence-electron chi connectivity index (χ2n) is 7.24. The molecular formula is C26H24N2O4. The van der Waals surface area contributed by atoms with E-state index in [9.17, 15) is 9.59 Å². The lowest BCUT2D eigenvalue weighted by Crippen LogP contribution is -2.16. The first kappa shape index (κ1) is 21.2. The van der Waals surface area contributed by atoms with Gasteiger partial charge in [-0.25, -0.2) is 9.59 Å². The summed E-state index contributed by atoms with van der Waals surface area (Å²) in [4.78, 5) is 27.8. The van der Waals surface area contributed by atoms with Gasteiger partial charge in [-0.1, -0.05) is 48.5 Å².